The van der Waals surface area contributed by atoms with Gasteiger partial charge in [0.25, 0.3) is 0 Å². The van der Waals surface area contributed by atoms with Crippen LogP contribution >= 0.6 is 23.2 Å². The van der Waals surface area contributed by atoms with Crippen LogP contribution in [0.2, 0.25) is 10.0 Å². The van der Waals surface area contributed by atoms with E-state index in [2.05, 4.69) is 21.3 Å². The Bertz CT molecular complexity index is 1120. The van der Waals surface area contributed by atoms with E-state index in [4.69, 9.17) is 37.4 Å². The van der Waals surface area contributed by atoms with Crippen molar-refractivity contribution >= 4 is 39.9 Å². The Kier molecular flexibility index (Phi) is 11.6. The second-order valence-electron chi connectivity index (χ2n) is 8.46. The number of hydrogen-bond acceptors (Lipinski definition) is 7. The fraction of sp³-hybridized carbons (Fsp3) is 0.480. The van der Waals surface area contributed by atoms with Gasteiger partial charge in [-0.25, -0.2) is 13.1 Å². The van der Waals surface area contributed by atoms with Crippen LogP contribution in [0.15, 0.2) is 46.3 Å². The lowest BCUT2D eigenvalue weighted by Crippen LogP contribution is -2.31. The molecule has 0 amide bonds. The zero-order chi connectivity index (χ0) is 26.0. The van der Waals surface area contributed by atoms with Gasteiger partial charge in [0.15, 0.2) is 0 Å². The number of ether oxygens (including phenoxy) is 3. The number of sulfonamides is 1. The maximum Gasteiger partial charge on any atom is 0.240 e. The minimum absolute atomic E-state index is 0.0440. The molecule has 0 aliphatic carbocycles. The van der Waals surface area contributed by atoms with Crippen LogP contribution in [-0.4, -0.2) is 86.4 Å². The number of fused-ring (bicyclic) bond motifs is 1. The van der Waals surface area contributed by atoms with Gasteiger partial charge >= 0.3 is 0 Å². The number of aliphatic imine (C=N–C) groups is 1. The first-order valence-corrected chi connectivity index (χ1v) is 14.0. The van der Waals surface area contributed by atoms with Crippen LogP contribution in [0.4, 0.5) is 0 Å². The molecule has 1 aliphatic heterocycles. The maximum atomic E-state index is 12.9. The van der Waals surface area contributed by atoms with Crippen LogP contribution < -0.4 is 4.72 Å². The zero-order valence-electron chi connectivity index (χ0n) is 20.4. The molecular weight excluding hydrogens is 525 g/mol. The topological polar surface area (TPSA) is 89.5 Å². The summed E-state index contributed by atoms with van der Waals surface area (Å²) < 4.78 is 44.5. The third-order valence-electron chi connectivity index (χ3n) is 5.74. The highest BCUT2D eigenvalue weighted by molar-refractivity contribution is 7.89. The van der Waals surface area contributed by atoms with E-state index in [9.17, 15) is 8.42 Å². The lowest BCUT2D eigenvalue weighted by atomic mass is 9.85. The molecule has 11 heteroatoms. The minimum atomic E-state index is -3.70. The molecule has 2 aromatic rings. The van der Waals surface area contributed by atoms with Crippen LogP contribution in [0.25, 0.3) is 0 Å². The van der Waals surface area contributed by atoms with Crippen molar-refractivity contribution in [2.45, 2.75) is 17.4 Å². The Morgan fingerprint density at radius 1 is 1.06 bits per heavy atom. The van der Waals surface area contributed by atoms with Gasteiger partial charge in [-0.05, 0) is 54.7 Å². The molecule has 0 bridgehead atoms. The van der Waals surface area contributed by atoms with Crippen LogP contribution in [0, 0.1) is 0 Å². The quantitative estimate of drug-likeness (QED) is 0.266. The van der Waals surface area contributed by atoms with Crippen molar-refractivity contribution < 1.29 is 22.6 Å². The van der Waals surface area contributed by atoms with Crippen molar-refractivity contribution in [3.05, 3.63) is 63.1 Å². The van der Waals surface area contributed by atoms with Gasteiger partial charge < -0.3 is 19.1 Å². The molecule has 0 saturated carbocycles. The minimum Gasteiger partial charge on any atom is -0.378 e. The molecule has 0 spiro atoms. The fourth-order valence-corrected chi connectivity index (χ4v) is 5.67. The van der Waals surface area contributed by atoms with Gasteiger partial charge in [-0.1, -0.05) is 35.3 Å². The van der Waals surface area contributed by atoms with E-state index in [-0.39, 0.29) is 24.0 Å². The van der Waals surface area contributed by atoms with Crippen molar-refractivity contribution in [1.82, 2.24) is 9.62 Å². The highest BCUT2D eigenvalue weighted by Crippen LogP contribution is 2.38. The molecule has 36 heavy (non-hydrogen) atoms. The van der Waals surface area contributed by atoms with Gasteiger partial charge in [0, 0.05) is 35.6 Å². The van der Waals surface area contributed by atoms with E-state index in [0.717, 1.165) is 23.2 Å². The summed E-state index contributed by atoms with van der Waals surface area (Å²) in [6.45, 7) is 8.04. The second kappa shape index (κ2) is 14.4. The molecule has 0 saturated heterocycles. The van der Waals surface area contributed by atoms with E-state index >= 15 is 0 Å². The summed E-state index contributed by atoms with van der Waals surface area (Å²) in [5.74, 6) is -0.0440. The Morgan fingerprint density at radius 2 is 1.75 bits per heavy atom. The first kappa shape index (κ1) is 29.0. The average Bonchev–Trinajstić information content (AvgIpc) is 2.85. The van der Waals surface area contributed by atoms with E-state index in [1.54, 1.807) is 24.3 Å². The molecule has 1 atom stereocenters. The van der Waals surface area contributed by atoms with Gasteiger partial charge in [-0.2, -0.15) is 0 Å². The summed E-state index contributed by atoms with van der Waals surface area (Å²) in [6, 6.07) is 10.7. The number of nitrogens with zero attached hydrogens (tertiary/aromatic N) is 2. The molecule has 0 fully saturated rings. The number of rotatable bonds is 15. The predicted octanol–water partition coefficient (Wildman–Crippen LogP) is 3.60. The van der Waals surface area contributed by atoms with Gasteiger partial charge in [-0.15, -0.1) is 0 Å². The summed E-state index contributed by atoms with van der Waals surface area (Å²) in [5.41, 5.74) is 2.94. The number of nitrogens with one attached hydrogen (secondary N) is 1. The Balaban J connectivity index is 1.50. The highest BCUT2D eigenvalue weighted by Gasteiger charge is 2.28. The van der Waals surface area contributed by atoms with Crippen molar-refractivity contribution in [3.63, 3.8) is 0 Å². The van der Waals surface area contributed by atoms with E-state index in [1.807, 2.05) is 19.2 Å². The van der Waals surface area contributed by atoms with Crippen LogP contribution in [0.5, 0.6) is 0 Å². The Labute approximate surface area is 223 Å². The molecule has 198 valence electrons. The van der Waals surface area contributed by atoms with E-state index in [0.29, 0.717) is 56.2 Å². The summed E-state index contributed by atoms with van der Waals surface area (Å²) in [7, 11) is -1.68. The van der Waals surface area contributed by atoms with Crippen molar-refractivity contribution in [2.75, 3.05) is 66.3 Å². The molecule has 2 aromatic carbocycles. The summed E-state index contributed by atoms with van der Waals surface area (Å²) in [4.78, 5) is 6.07. The van der Waals surface area contributed by atoms with Gasteiger partial charge in [0.2, 0.25) is 10.0 Å². The van der Waals surface area contributed by atoms with Crippen LogP contribution in [-0.2, 0) is 30.8 Å². The Hall–Kier alpha value is -1.56. The molecule has 3 rings (SSSR count). The summed E-state index contributed by atoms with van der Waals surface area (Å²) in [6.07, 6.45) is 0. The third kappa shape index (κ3) is 8.49. The molecule has 0 aromatic heterocycles. The first-order chi connectivity index (χ1) is 17.3. The number of hydrogen-bond donors (Lipinski definition) is 1. The summed E-state index contributed by atoms with van der Waals surface area (Å²) >= 11 is 12.7. The second-order valence-corrected chi connectivity index (χ2v) is 11.1. The van der Waals surface area contributed by atoms with Crippen molar-refractivity contribution in [2.24, 2.45) is 4.99 Å². The van der Waals surface area contributed by atoms with Gasteiger partial charge in [0.05, 0.1) is 51.1 Å². The molecule has 0 unspecified atom stereocenters. The number of benzene rings is 2. The molecule has 1 N–H and O–H groups in total. The average molecular weight is 559 g/mol. The number of halogens is 2. The molecular formula is C25H33Cl2N3O5S. The lowest BCUT2D eigenvalue weighted by molar-refractivity contribution is 0.0172. The summed E-state index contributed by atoms with van der Waals surface area (Å²) in [5, 5.41) is 1.19. The van der Waals surface area contributed by atoms with E-state index < -0.39 is 10.0 Å². The number of likely N-dealkylation sites (N-methyl/N-ethyl adjacent to an activating group) is 1. The van der Waals surface area contributed by atoms with Crippen LogP contribution in [0.1, 0.15) is 22.6 Å². The van der Waals surface area contributed by atoms with Crippen LogP contribution in [0.3, 0.4) is 0 Å². The zero-order valence-corrected chi connectivity index (χ0v) is 22.7. The maximum absolute atomic E-state index is 12.9. The highest BCUT2D eigenvalue weighted by atomic mass is 35.5. The molecule has 1 aliphatic rings. The normalized spacial score (nSPS) is 16.1. The predicted molar refractivity (Wildman–Crippen MR) is 143 cm³/mol. The SMILES string of the molecule is C=NCCOCCOCCOCCNS(=O)(=O)c1cccc([C@@H]2CN(C)Cc3c(Cl)cc(Cl)cc32)c1. The standard InChI is InChI=1S/C25H33Cl2N3O5S/c1-28-6-8-33-10-12-35-13-11-34-9-7-29-36(31,32)21-5-3-4-19(14-21)23-17-30(2)18-24-22(23)15-20(26)16-25(24)27/h3-5,14-16,23,29H,1,6-13,17-18H2,2H3/t23-/m0/s1. The van der Waals surface area contributed by atoms with Gasteiger partial charge in [0.1, 0.15) is 0 Å². The smallest absolute Gasteiger partial charge is 0.240 e. The monoisotopic (exact) mass is 557 g/mol. The third-order valence-corrected chi connectivity index (χ3v) is 7.75. The van der Waals surface area contributed by atoms with Crippen molar-refractivity contribution in [1.29, 1.82) is 0 Å². The first-order valence-electron chi connectivity index (χ1n) is 11.7. The molecule has 0 radical (unpaired) electrons. The lowest BCUT2D eigenvalue weighted by Gasteiger charge is -2.33. The molecule has 1 heterocycles. The fourth-order valence-electron chi connectivity index (χ4n) is 4.03. The van der Waals surface area contributed by atoms with E-state index in [1.165, 1.54) is 0 Å². The van der Waals surface area contributed by atoms with Crippen molar-refractivity contribution in [3.8, 4) is 0 Å². The molecule has 8 nitrogen and oxygen atoms in total. The van der Waals surface area contributed by atoms with Gasteiger partial charge in [-0.3, -0.25) is 4.99 Å². The Morgan fingerprint density at radius 3 is 2.47 bits per heavy atom. The largest absolute Gasteiger partial charge is 0.378 e.